The lowest BCUT2D eigenvalue weighted by Gasteiger charge is -2.29. The average Bonchev–Trinajstić information content (AvgIpc) is 2.64. The van der Waals surface area contributed by atoms with Crippen LogP contribution in [0, 0.1) is 0 Å². The molecule has 1 nitrogen and oxygen atoms in total. The Morgan fingerprint density at radius 2 is 1.35 bits per heavy atom. The molecule has 0 saturated carbocycles. The van der Waals surface area contributed by atoms with Crippen molar-refractivity contribution in [3.63, 3.8) is 0 Å². The molecule has 3 aromatic rings. The average molecular weight is 299 g/mol. The Labute approximate surface area is 138 Å². The first-order valence-electron chi connectivity index (χ1n) is 7.99. The fraction of sp³-hybridized carbons (Fsp3) is 0.0909. The second-order valence-corrected chi connectivity index (χ2v) is 5.42. The van der Waals surface area contributed by atoms with Crippen molar-refractivity contribution in [2.45, 2.75) is 13.3 Å². The molecule has 3 aromatic carbocycles. The van der Waals surface area contributed by atoms with Crippen molar-refractivity contribution < 1.29 is 0 Å². The minimum atomic E-state index is 0.979. The third kappa shape index (κ3) is 3.04. The molecule has 0 N–H and O–H groups in total. The number of nitrogens with zero attached hydrogens (tertiary/aromatic N) is 1. The third-order valence-corrected chi connectivity index (χ3v) is 4.00. The normalized spacial score (nSPS) is 10.3. The highest BCUT2D eigenvalue weighted by Gasteiger charge is 2.17. The molecule has 0 unspecified atom stereocenters. The van der Waals surface area contributed by atoms with Crippen LogP contribution in [0.2, 0.25) is 0 Å². The van der Waals surface area contributed by atoms with Crippen LogP contribution in [0.25, 0.3) is 6.08 Å². The van der Waals surface area contributed by atoms with E-state index in [9.17, 15) is 0 Å². The molecule has 0 aliphatic heterocycles. The largest absolute Gasteiger partial charge is 0.310 e. The van der Waals surface area contributed by atoms with Crippen LogP contribution in [0.5, 0.6) is 0 Å². The summed E-state index contributed by atoms with van der Waals surface area (Å²) in [6, 6.07) is 27.4. The van der Waals surface area contributed by atoms with Crippen molar-refractivity contribution >= 4 is 23.1 Å². The van der Waals surface area contributed by atoms with Gasteiger partial charge in [-0.25, -0.2) is 0 Å². The van der Waals surface area contributed by atoms with E-state index in [1.165, 1.54) is 11.3 Å². The minimum Gasteiger partial charge on any atom is -0.310 e. The number of rotatable bonds is 5. The quantitative estimate of drug-likeness (QED) is 0.529. The first-order valence-corrected chi connectivity index (χ1v) is 7.99. The Balaban J connectivity index is 2.27. The predicted molar refractivity (Wildman–Crippen MR) is 101 cm³/mol. The summed E-state index contributed by atoms with van der Waals surface area (Å²) >= 11 is 0. The number of para-hydroxylation sites is 3. The Morgan fingerprint density at radius 1 is 0.783 bits per heavy atom. The van der Waals surface area contributed by atoms with E-state index in [1.807, 2.05) is 18.2 Å². The van der Waals surface area contributed by atoms with Crippen LogP contribution < -0.4 is 4.90 Å². The molecule has 114 valence electrons. The molecule has 0 amide bonds. The molecule has 0 bridgehead atoms. The molecule has 0 heterocycles. The molecule has 0 aliphatic carbocycles. The summed E-state index contributed by atoms with van der Waals surface area (Å²) in [6.45, 7) is 6.20. The molecular formula is C22H21N. The zero-order chi connectivity index (χ0) is 16.1. The highest BCUT2D eigenvalue weighted by Crippen LogP contribution is 2.39. The molecule has 0 aromatic heterocycles. The molecular weight excluding hydrogens is 278 g/mol. The van der Waals surface area contributed by atoms with Crippen molar-refractivity contribution in [3.05, 3.63) is 96.6 Å². The molecule has 1 heteroatoms. The SMILES string of the molecule is C=Cc1cccc(CC)c1N(c1ccccc1)c1ccccc1. The standard InChI is InChI=1S/C22H21N/c1-3-18-12-11-13-19(4-2)22(18)23(20-14-7-5-8-15-20)21-16-9-6-10-17-21/h3,5-17H,1,4H2,2H3. The zero-order valence-electron chi connectivity index (χ0n) is 13.4. The maximum atomic E-state index is 4.01. The van der Waals surface area contributed by atoms with Gasteiger partial charge in [0.15, 0.2) is 0 Å². The first kappa shape index (κ1) is 15.1. The lowest BCUT2D eigenvalue weighted by Crippen LogP contribution is -2.13. The van der Waals surface area contributed by atoms with Gasteiger partial charge in [0, 0.05) is 11.4 Å². The summed E-state index contributed by atoms with van der Waals surface area (Å²) < 4.78 is 0. The maximum absolute atomic E-state index is 4.01. The molecule has 0 radical (unpaired) electrons. The van der Waals surface area contributed by atoms with Gasteiger partial charge in [-0.3, -0.25) is 0 Å². The van der Waals surface area contributed by atoms with Gasteiger partial charge in [0.05, 0.1) is 5.69 Å². The van der Waals surface area contributed by atoms with Crippen LogP contribution in [0.1, 0.15) is 18.1 Å². The lowest BCUT2D eigenvalue weighted by molar-refractivity contribution is 1.11. The molecule has 0 spiro atoms. The number of anilines is 3. The second kappa shape index (κ2) is 6.97. The lowest BCUT2D eigenvalue weighted by atomic mass is 10.0. The van der Waals surface area contributed by atoms with E-state index in [0.717, 1.165) is 23.4 Å². The van der Waals surface area contributed by atoms with Crippen LogP contribution in [0.4, 0.5) is 17.1 Å². The monoisotopic (exact) mass is 299 g/mol. The van der Waals surface area contributed by atoms with E-state index in [-0.39, 0.29) is 0 Å². The van der Waals surface area contributed by atoms with Crippen molar-refractivity contribution in [1.29, 1.82) is 0 Å². The third-order valence-electron chi connectivity index (χ3n) is 4.00. The Kier molecular flexibility index (Phi) is 4.58. The highest BCUT2D eigenvalue weighted by molar-refractivity contribution is 5.84. The van der Waals surface area contributed by atoms with Gasteiger partial charge in [-0.1, -0.05) is 74.2 Å². The van der Waals surface area contributed by atoms with Crippen molar-refractivity contribution in [1.82, 2.24) is 0 Å². The van der Waals surface area contributed by atoms with Gasteiger partial charge >= 0.3 is 0 Å². The molecule has 0 fully saturated rings. The topological polar surface area (TPSA) is 3.24 Å². The Hall–Kier alpha value is -2.80. The van der Waals surface area contributed by atoms with Crippen LogP contribution in [0.3, 0.4) is 0 Å². The summed E-state index contributed by atoms with van der Waals surface area (Å²) in [5, 5.41) is 0. The second-order valence-electron chi connectivity index (χ2n) is 5.42. The number of hydrogen-bond acceptors (Lipinski definition) is 1. The number of hydrogen-bond donors (Lipinski definition) is 0. The van der Waals surface area contributed by atoms with E-state index in [4.69, 9.17) is 0 Å². The van der Waals surface area contributed by atoms with Crippen molar-refractivity contribution in [3.8, 4) is 0 Å². The first-order chi connectivity index (χ1) is 11.3. The van der Waals surface area contributed by atoms with Gasteiger partial charge in [0.1, 0.15) is 0 Å². The summed E-state index contributed by atoms with van der Waals surface area (Å²) in [4.78, 5) is 2.32. The van der Waals surface area contributed by atoms with E-state index in [0.29, 0.717) is 0 Å². The smallest absolute Gasteiger partial charge is 0.0565 e. The van der Waals surface area contributed by atoms with E-state index >= 15 is 0 Å². The summed E-state index contributed by atoms with van der Waals surface area (Å²) in [5.41, 5.74) is 5.99. The zero-order valence-corrected chi connectivity index (χ0v) is 13.4. The van der Waals surface area contributed by atoms with E-state index < -0.39 is 0 Å². The molecule has 0 aliphatic rings. The minimum absolute atomic E-state index is 0.979. The van der Waals surface area contributed by atoms with Gasteiger partial charge in [0.2, 0.25) is 0 Å². The number of aryl methyl sites for hydroxylation is 1. The Morgan fingerprint density at radius 3 is 1.83 bits per heavy atom. The van der Waals surface area contributed by atoms with E-state index in [2.05, 4.69) is 85.1 Å². The maximum Gasteiger partial charge on any atom is 0.0565 e. The number of benzene rings is 3. The van der Waals surface area contributed by atoms with E-state index in [1.54, 1.807) is 0 Å². The summed E-state index contributed by atoms with van der Waals surface area (Å²) in [7, 11) is 0. The molecule has 3 rings (SSSR count). The van der Waals surface area contributed by atoms with Crippen LogP contribution in [0.15, 0.2) is 85.4 Å². The molecule has 0 atom stereocenters. The van der Waals surface area contributed by atoms with Gasteiger partial charge in [-0.05, 0) is 41.8 Å². The van der Waals surface area contributed by atoms with Gasteiger partial charge in [0.25, 0.3) is 0 Å². The summed E-state index contributed by atoms with van der Waals surface area (Å²) in [5.74, 6) is 0. The fourth-order valence-electron chi connectivity index (χ4n) is 2.90. The van der Waals surface area contributed by atoms with Gasteiger partial charge in [-0.2, -0.15) is 0 Å². The van der Waals surface area contributed by atoms with Crippen molar-refractivity contribution in [2.24, 2.45) is 0 Å². The molecule has 0 saturated heterocycles. The predicted octanol–water partition coefficient (Wildman–Crippen LogP) is 6.36. The Bertz CT molecular complexity index is 736. The van der Waals surface area contributed by atoms with Crippen LogP contribution in [-0.4, -0.2) is 0 Å². The summed E-state index contributed by atoms with van der Waals surface area (Å²) in [6.07, 6.45) is 2.92. The van der Waals surface area contributed by atoms with Gasteiger partial charge < -0.3 is 4.90 Å². The highest BCUT2D eigenvalue weighted by atomic mass is 15.1. The molecule has 23 heavy (non-hydrogen) atoms. The van der Waals surface area contributed by atoms with Crippen molar-refractivity contribution in [2.75, 3.05) is 4.90 Å². The van der Waals surface area contributed by atoms with Crippen LogP contribution >= 0.6 is 0 Å². The van der Waals surface area contributed by atoms with Crippen LogP contribution in [-0.2, 0) is 6.42 Å². The van der Waals surface area contributed by atoms with Gasteiger partial charge in [-0.15, -0.1) is 0 Å². The fourth-order valence-corrected chi connectivity index (χ4v) is 2.90.